The van der Waals surface area contributed by atoms with Gasteiger partial charge in [0.2, 0.25) is 5.91 Å². The standard InChI is InChI=1S/C17H26N2O4S.ClH/c1-17(2)12-19(10-8-15(17)18)16(20)9-11-23-13-4-6-14(7-5-13)24(3,21)22;/h4-7,15H,8-12,18H2,1-3H3;1H. The second kappa shape index (κ2) is 8.38. The van der Waals surface area contributed by atoms with Crippen molar-refractivity contribution >= 4 is 28.2 Å². The fourth-order valence-electron chi connectivity index (χ4n) is 2.78. The SMILES string of the molecule is CC1(C)CN(C(=O)CCOc2ccc(S(C)(=O)=O)cc2)CCC1N.Cl. The van der Waals surface area contributed by atoms with Gasteiger partial charge in [0.1, 0.15) is 5.75 Å². The summed E-state index contributed by atoms with van der Waals surface area (Å²) in [5.41, 5.74) is 6.02. The number of rotatable bonds is 5. The van der Waals surface area contributed by atoms with Crippen molar-refractivity contribution in [2.45, 2.75) is 37.6 Å². The number of ether oxygens (including phenoxy) is 1. The number of hydrogen-bond donors (Lipinski definition) is 1. The van der Waals surface area contributed by atoms with Gasteiger partial charge in [-0.1, -0.05) is 13.8 Å². The minimum Gasteiger partial charge on any atom is -0.493 e. The van der Waals surface area contributed by atoms with Gasteiger partial charge in [-0.2, -0.15) is 0 Å². The van der Waals surface area contributed by atoms with Crippen LogP contribution in [0.5, 0.6) is 5.75 Å². The number of sulfone groups is 1. The van der Waals surface area contributed by atoms with Crippen LogP contribution >= 0.6 is 12.4 Å². The van der Waals surface area contributed by atoms with Crippen LogP contribution in [0.4, 0.5) is 0 Å². The van der Waals surface area contributed by atoms with Crippen LogP contribution in [0.3, 0.4) is 0 Å². The number of piperidine rings is 1. The summed E-state index contributed by atoms with van der Waals surface area (Å²) in [6, 6.07) is 6.32. The smallest absolute Gasteiger partial charge is 0.226 e. The van der Waals surface area contributed by atoms with E-state index in [0.717, 1.165) is 12.7 Å². The molecule has 0 spiro atoms. The van der Waals surface area contributed by atoms with Crippen LogP contribution in [0, 0.1) is 5.41 Å². The summed E-state index contributed by atoms with van der Waals surface area (Å²) in [7, 11) is -3.21. The molecule has 2 N–H and O–H groups in total. The monoisotopic (exact) mass is 390 g/mol. The van der Waals surface area contributed by atoms with E-state index in [1.165, 1.54) is 12.1 Å². The number of carbonyl (C=O) groups excluding carboxylic acids is 1. The van der Waals surface area contributed by atoms with E-state index in [2.05, 4.69) is 13.8 Å². The van der Waals surface area contributed by atoms with Crippen molar-refractivity contribution in [3.63, 3.8) is 0 Å². The fourth-order valence-corrected chi connectivity index (χ4v) is 3.41. The number of halogens is 1. The highest BCUT2D eigenvalue weighted by Gasteiger charge is 2.35. The molecule has 1 aliphatic heterocycles. The number of nitrogens with zero attached hydrogens (tertiary/aromatic N) is 1. The Balaban J connectivity index is 0.00000312. The molecule has 1 aromatic carbocycles. The third-order valence-corrected chi connectivity index (χ3v) is 5.63. The van der Waals surface area contributed by atoms with Gasteiger partial charge in [0.05, 0.1) is 17.9 Å². The highest BCUT2D eigenvalue weighted by Crippen LogP contribution is 2.28. The Morgan fingerprint density at radius 2 is 1.92 bits per heavy atom. The van der Waals surface area contributed by atoms with Gasteiger partial charge in [0, 0.05) is 25.4 Å². The fraction of sp³-hybridized carbons (Fsp3) is 0.588. The molecule has 0 radical (unpaired) electrons. The molecule has 2 rings (SSSR count). The van der Waals surface area contributed by atoms with Gasteiger partial charge in [-0.15, -0.1) is 12.4 Å². The van der Waals surface area contributed by atoms with Crippen LogP contribution in [-0.2, 0) is 14.6 Å². The van der Waals surface area contributed by atoms with Gasteiger partial charge in [0.15, 0.2) is 9.84 Å². The van der Waals surface area contributed by atoms with E-state index < -0.39 is 9.84 Å². The molecule has 1 saturated heterocycles. The largest absolute Gasteiger partial charge is 0.493 e. The lowest BCUT2D eigenvalue weighted by Gasteiger charge is -2.42. The third kappa shape index (κ3) is 5.87. The molecule has 0 bridgehead atoms. The Morgan fingerprint density at radius 1 is 1.32 bits per heavy atom. The summed E-state index contributed by atoms with van der Waals surface area (Å²) in [6.07, 6.45) is 2.26. The maximum atomic E-state index is 12.3. The maximum absolute atomic E-state index is 12.3. The second-order valence-corrected chi connectivity index (χ2v) is 9.06. The van der Waals surface area contributed by atoms with Crippen LogP contribution < -0.4 is 10.5 Å². The molecule has 1 aliphatic rings. The first-order valence-corrected chi connectivity index (χ1v) is 9.95. The van der Waals surface area contributed by atoms with Gasteiger partial charge in [0.25, 0.3) is 0 Å². The van der Waals surface area contributed by atoms with Crippen molar-refractivity contribution in [1.82, 2.24) is 4.90 Å². The Kier molecular flexibility index (Phi) is 7.28. The molecule has 1 fully saturated rings. The van der Waals surface area contributed by atoms with Crippen LogP contribution in [0.15, 0.2) is 29.2 Å². The lowest BCUT2D eigenvalue weighted by Crippen LogP contribution is -2.54. The molecular weight excluding hydrogens is 364 g/mol. The molecule has 1 aromatic rings. The van der Waals surface area contributed by atoms with E-state index >= 15 is 0 Å². The summed E-state index contributed by atoms with van der Waals surface area (Å²) in [5, 5.41) is 0. The normalized spacial score (nSPS) is 19.8. The number of likely N-dealkylation sites (tertiary alicyclic amines) is 1. The zero-order valence-electron chi connectivity index (χ0n) is 14.9. The maximum Gasteiger partial charge on any atom is 0.226 e. The minimum absolute atomic E-state index is 0. The second-order valence-electron chi connectivity index (χ2n) is 7.04. The quantitative estimate of drug-likeness (QED) is 0.828. The molecule has 0 saturated carbocycles. The molecule has 25 heavy (non-hydrogen) atoms. The third-order valence-electron chi connectivity index (χ3n) is 4.50. The topological polar surface area (TPSA) is 89.7 Å². The molecule has 0 aliphatic carbocycles. The molecule has 1 heterocycles. The molecule has 1 amide bonds. The van der Waals surface area contributed by atoms with Gasteiger partial charge < -0.3 is 15.4 Å². The van der Waals surface area contributed by atoms with Crippen molar-refractivity contribution in [3.8, 4) is 5.75 Å². The van der Waals surface area contributed by atoms with Crippen molar-refractivity contribution < 1.29 is 17.9 Å². The van der Waals surface area contributed by atoms with Gasteiger partial charge in [-0.25, -0.2) is 8.42 Å². The zero-order chi connectivity index (χ0) is 18.0. The van der Waals surface area contributed by atoms with E-state index in [-0.39, 0.29) is 41.3 Å². The van der Waals surface area contributed by atoms with E-state index in [1.54, 1.807) is 12.1 Å². The number of hydrogen-bond acceptors (Lipinski definition) is 5. The van der Waals surface area contributed by atoms with Crippen molar-refractivity contribution in [2.75, 3.05) is 26.0 Å². The lowest BCUT2D eigenvalue weighted by atomic mass is 9.79. The molecule has 6 nitrogen and oxygen atoms in total. The van der Waals surface area contributed by atoms with Crippen LogP contribution in [0.2, 0.25) is 0 Å². The molecule has 1 unspecified atom stereocenters. The summed E-state index contributed by atoms with van der Waals surface area (Å²) in [4.78, 5) is 14.4. The van der Waals surface area contributed by atoms with Gasteiger partial charge >= 0.3 is 0 Å². The van der Waals surface area contributed by atoms with Crippen molar-refractivity contribution in [1.29, 1.82) is 0 Å². The first kappa shape index (κ1) is 21.7. The predicted molar refractivity (Wildman–Crippen MR) is 99.9 cm³/mol. The highest BCUT2D eigenvalue weighted by atomic mass is 35.5. The van der Waals surface area contributed by atoms with E-state index in [0.29, 0.717) is 25.3 Å². The van der Waals surface area contributed by atoms with Crippen molar-refractivity contribution in [2.24, 2.45) is 11.1 Å². The van der Waals surface area contributed by atoms with Gasteiger partial charge in [-0.3, -0.25) is 4.79 Å². The summed E-state index contributed by atoms with van der Waals surface area (Å²) < 4.78 is 28.3. The van der Waals surface area contributed by atoms with Crippen LogP contribution in [0.1, 0.15) is 26.7 Å². The van der Waals surface area contributed by atoms with Crippen LogP contribution in [0.25, 0.3) is 0 Å². The average Bonchev–Trinajstić information content (AvgIpc) is 2.49. The Morgan fingerprint density at radius 3 is 2.44 bits per heavy atom. The van der Waals surface area contributed by atoms with Crippen molar-refractivity contribution in [3.05, 3.63) is 24.3 Å². The van der Waals surface area contributed by atoms with Gasteiger partial charge in [-0.05, 0) is 36.1 Å². The molecule has 0 aromatic heterocycles. The molecule has 142 valence electrons. The van der Waals surface area contributed by atoms with E-state index in [4.69, 9.17) is 10.5 Å². The zero-order valence-corrected chi connectivity index (χ0v) is 16.5. The Labute approximate surface area is 156 Å². The lowest BCUT2D eigenvalue weighted by molar-refractivity contribution is -0.135. The Hall–Kier alpha value is -1.31. The Bertz CT molecular complexity index is 689. The molecule has 8 heteroatoms. The first-order chi connectivity index (χ1) is 11.1. The van der Waals surface area contributed by atoms with Crippen LogP contribution in [-0.4, -0.2) is 51.2 Å². The molecule has 1 atom stereocenters. The molecular formula is C17H27ClN2O4S. The number of carbonyl (C=O) groups is 1. The van der Waals surface area contributed by atoms with E-state index in [1.807, 2.05) is 4.90 Å². The number of amides is 1. The number of nitrogens with two attached hydrogens (primary N) is 1. The average molecular weight is 391 g/mol. The summed E-state index contributed by atoms with van der Waals surface area (Å²) in [6.45, 7) is 5.77. The number of benzene rings is 1. The predicted octanol–water partition coefficient (Wildman–Crippen LogP) is 1.87. The first-order valence-electron chi connectivity index (χ1n) is 8.06. The summed E-state index contributed by atoms with van der Waals surface area (Å²) in [5.74, 6) is 0.610. The minimum atomic E-state index is -3.21. The van der Waals surface area contributed by atoms with E-state index in [9.17, 15) is 13.2 Å². The summed E-state index contributed by atoms with van der Waals surface area (Å²) >= 11 is 0. The highest BCUT2D eigenvalue weighted by molar-refractivity contribution is 7.90.